The zero-order valence-electron chi connectivity index (χ0n) is 9.56. The highest BCUT2D eigenvalue weighted by Gasteiger charge is 2.10. The highest BCUT2D eigenvalue weighted by molar-refractivity contribution is 9.10. The van der Waals surface area contributed by atoms with Crippen LogP contribution in [-0.4, -0.2) is 42.3 Å². The van der Waals surface area contributed by atoms with Crippen LogP contribution in [0.25, 0.3) is 0 Å². The number of aromatic nitrogens is 1. The number of rotatable bonds is 3. The minimum absolute atomic E-state index is 0.0348. The van der Waals surface area contributed by atoms with Crippen LogP contribution >= 0.6 is 15.9 Å². The number of halogens is 1. The van der Waals surface area contributed by atoms with Gasteiger partial charge in [-0.25, -0.2) is 0 Å². The van der Waals surface area contributed by atoms with Crippen molar-refractivity contribution in [2.24, 2.45) is 0 Å². The Morgan fingerprint density at radius 3 is 2.76 bits per heavy atom. The summed E-state index contributed by atoms with van der Waals surface area (Å²) in [4.78, 5) is 14.1. The molecule has 2 N–H and O–H groups in total. The smallest absolute Gasteiger partial charge is 0.265 e. The Morgan fingerprint density at radius 1 is 1.35 bits per heavy atom. The number of hydrogen-bond donors (Lipinski definition) is 1. The maximum atomic E-state index is 11.8. The van der Waals surface area contributed by atoms with Gasteiger partial charge in [-0.1, -0.05) is 0 Å². The summed E-state index contributed by atoms with van der Waals surface area (Å²) in [6.07, 6.45) is 1.69. The molecular formula is C11H16BrN3O2. The van der Waals surface area contributed by atoms with E-state index in [1.807, 2.05) is 0 Å². The first-order valence-corrected chi connectivity index (χ1v) is 6.41. The van der Waals surface area contributed by atoms with Crippen molar-refractivity contribution >= 4 is 21.6 Å². The van der Waals surface area contributed by atoms with E-state index in [0.717, 1.165) is 32.8 Å². The van der Waals surface area contributed by atoms with Crippen molar-refractivity contribution in [3.05, 3.63) is 27.1 Å². The van der Waals surface area contributed by atoms with Gasteiger partial charge in [0.15, 0.2) is 0 Å². The van der Waals surface area contributed by atoms with E-state index >= 15 is 0 Å². The molecule has 0 aliphatic carbocycles. The van der Waals surface area contributed by atoms with Crippen LogP contribution in [0, 0.1) is 0 Å². The molecule has 1 aromatic rings. The van der Waals surface area contributed by atoms with Crippen LogP contribution in [0.2, 0.25) is 0 Å². The summed E-state index contributed by atoms with van der Waals surface area (Å²) >= 11 is 3.22. The fraction of sp³-hybridized carbons (Fsp3) is 0.545. The first-order valence-electron chi connectivity index (χ1n) is 5.62. The molecule has 17 heavy (non-hydrogen) atoms. The van der Waals surface area contributed by atoms with E-state index in [9.17, 15) is 4.79 Å². The first-order chi connectivity index (χ1) is 8.16. The molecule has 1 fully saturated rings. The summed E-state index contributed by atoms with van der Waals surface area (Å²) in [7, 11) is 0. The zero-order chi connectivity index (χ0) is 12.3. The molecule has 1 aliphatic heterocycles. The quantitative estimate of drug-likeness (QED) is 0.884. The third-order valence-corrected chi connectivity index (χ3v) is 3.39. The summed E-state index contributed by atoms with van der Waals surface area (Å²) in [5.74, 6) is 0. The van der Waals surface area contributed by atoms with Crippen LogP contribution in [0.1, 0.15) is 0 Å². The fourth-order valence-corrected chi connectivity index (χ4v) is 2.35. The topological polar surface area (TPSA) is 60.5 Å². The van der Waals surface area contributed by atoms with Gasteiger partial charge in [0.05, 0.1) is 17.7 Å². The van der Waals surface area contributed by atoms with Gasteiger partial charge in [-0.3, -0.25) is 9.69 Å². The minimum Gasteiger partial charge on any atom is -0.398 e. The molecule has 0 amide bonds. The summed E-state index contributed by atoms with van der Waals surface area (Å²) in [6.45, 7) is 4.91. The van der Waals surface area contributed by atoms with Crippen molar-refractivity contribution in [3.8, 4) is 0 Å². The molecule has 6 heteroatoms. The van der Waals surface area contributed by atoms with Crippen LogP contribution in [0.3, 0.4) is 0 Å². The Kier molecular flexibility index (Phi) is 4.20. The van der Waals surface area contributed by atoms with Crippen molar-refractivity contribution in [2.75, 3.05) is 38.6 Å². The Bertz CT molecular complexity index is 441. The van der Waals surface area contributed by atoms with Gasteiger partial charge in [-0.15, -0.1) is 0 Å². The Hall–Kier alpha value is -0.850. The number of hydrogen-bond acceptors (Lipinski definition) is 4. The van der Waals surface area contributed by atoms with Crippen LogP contribution in [0.15, 0.2) is 21.5 Å². The Balaban J connectivity index is 2.00. The van der Waals surface area contributed by atoms with E-state index in [1.165, 1.54) is 0 Å². The van der Waals surface area contributed by atoms with Gasteiger partial charge in [0.25, 0.3) is 5.56 Å². The molecule has 0 unspecified atom stereocenters. The summed E-state index contributed by atoms with van der Waals surface area (Å²) in [5.41, 5.74) is 6.27. The van der Waals surface area contributed by atoms with Gasteiger partial charge in [0.1, 0.15) is 0 Å². The zero-order valence-corrected chi connectivity index (χ0v) is 11.1. The number of anilines is 1. The molecule has 0 bridgehead atoms. The Labute approximate surface area is 108 Å². The standard InChI is InChI=1S/C11H16BrN3O2/c12-10-7-9(13)8-15(11(10)16)2-1-14-3-5-17-6-4-14/h7-8H,1-6,13H2. The van der Waals surface area contributed by atoms with E-state index in [4.69, 9.17) is 10.5 Å². The molecular weight excluding hydrogens is 286 g/mol. The lowest BCUT2D eigenvalue weighted by Crippen LogP contribution is -2.39. The molecule has 94 valence electrons. The Morgan fingerprint density at radius 2 is 2.06 bits per heavy atom. The van der Waals surface area contributed by atoms with E-state index < -0.39 is 0 Å². The van der Waals surface area contributed by atoms with E-state index in [1.54, 1.807) is 16.8 Å². The number of ether oxygens (including phenoxy) is 1. The van der Waals surface area contributed by atoms with Crippen LogP contribution in [0.4, 0.5) is 5.69 Å². The summed E-state index contributed by atoms with van der Waals surface area (Å²) in [5, 5.41) is 0. The molecule has 0 radical (unpaired) electrons. The third-order valence-electron chi connectivity index (χ3n) is 2.82. The van der Waals surface area contributed by atoms with Crippen molar-refractivity contribution in [3.63, 3.8) is 0 Å². The average molecular weight is 302 g/mol. The van der Waals surface area contributed by atoms with Crippen molar-refractivity contribution in [1.82, 2.24) is 9.47 Å². The molecule has 1 saturated heterocycles. The molecule has 0 aromatic carbocycles. The number of nitrogens with two attached hydrogens (primary N) is 1. The van der Waals surface area contributed by atoms with Crippen molar-refractivity contribution in [2.45, 2.75) is 6.54 Å². The molecule has 1 aromatic heterocycles. The molecule has 0 saturated carbocycles. The maximum Gasteiger partial charge on any atom is 0.265 e. The summed E-state index contributed by atoms with van der Waals surface area (Å²) < 4.78 is 7.44. The molecule has 2 heterocycles. The second kappa shape index (κ2) is 5.66. The summed E-state index contributed by atoms with van der Waals surface area (Å²) in [6, 6.07) is 1.63. The molecule has 5 nitrogen and oxygen atoms in total. The highest BCUT2D eigenvalue weighted by Crippen LogP contribution is 2.08. The number of nitrogens with zero attached hydrogens (tertiary/aromatic N) is 2. The van der Waals surface area contributed by atoms with E-state index in [-0.39, 0.29) is 5.56 Å². The lowest BCUT2D eigenvalue weighted by molar-refractivity contribution is 0.0363. The van der Waals surface area contributed by atoms with Crippen molar-refractivity contribution < 1.29 is 4.74 Å². The number of nitrogen functional groups attached to an aromatic ring is 1. The fourth-order valence-electron chi connectivity index (χ4n) is 1.86. The third kappa shape index (κ3) is 3.31. The molecule has 0 spiro atoms. The molecule has 2 rings (SSSR count). The minimum atomic E-state index is -0.0348. The maximum absolute atomic E-state index is 11.8. The van der Waals surface area contributed by atoms with Crippen molar-refractivity contribution in [1.29, 1.82) is 0 Å². The predicted octanol–water partition coefficient (Wildman–Crippen LogP) is 0.525. The van der Waals surface area contributed by atoms with Crippen LogP contribution < -0.4 is 11.3 Å². The lowest BCUT2D eigenvalue weighted by Gasteiger charge is -2.26. The number of pyridine rings is 1. The van der Waals surface area contributed by atoms with Gasteiger partial charge in [-0.2, -0.15) is 0 Å². The normalized spacial score (nSPS) is 17.2. The van der Waals surface area contributed by atoms with Crippen LogP contribution in [0.5, 0.6) is 0 Å². The lowest BCUT2D eigenvalue weighted by atomic mass is 10.4. The SMILES string of the molecule is Nc1cc(Br)c(=O)n(CCN2CCOCC2)c1. The highest BCUT2D eigenvalue weighted by atomic mass is 79.9. The van der Waals surface area contributed by atoms with E-state index in [0.29, 0.717) is 16.7 Å². The second-order valence-electron chi connectivity index (χ2n) is 4.07. The van der Waals surface area contributed by atoms with Gasteiger partial charge in [0.2, 0.25) is 0 Å². The molecule has 1 aliphatic rings. The van der Waals surface area contributed by atoms with Gasteiger partial charge in [-0.05, 0) is 22.0 Å². The van der Waals surface area contributed by atoms with Gasteiger partial charge in [0, 0.05) is 38.1 Å². The number of morpholine rings is 1. The largest absolute Gasteiger partial charge is 0.398 e. The van der Waals surface area contributed by atoms with E-state index in [2.05, 4.69) is 20.8 Å². The monoisotopic (exact) mass is 301 g/mol. The van der Waals surface area contributed by atoms with Gasteiger partial charge >= 0.3 is 0 Å². The second-order valence-corrected chi connectivity index (χ2v) is 4.93. The average Bonchev–Trinajstić information content (AvgIpc) is 2.33. The van der Waals surface area contributed by atoms with Crippen LogP contribution in [-0.2, 0) is 11.3 Å². The molecule has 0 atom stereocenters. The van der Waals surface area contributed by atoms with Gasteiger partial charge < -0.3 is 15.0 Å². The predicted molar refractivity (Wildman–Crippen MR) is 70.1 cm³/mol. The first kappa shape index (κ1) is 12.6.